The smallest absolute Gasteiger partial charge is 0.266 e. The Morgan fingerprint density at radius 1 is 0.955 bits per heavy atom. The number of hydrogen-bond acceptors (Lipinski definition) is 2. The van der Waals surface area contributed by atoms with Crippen LogP contribution in [0, 0.1) is 11.6 Å². The fourth-order valence-electron chi connectivity index (χ4n) is 2.09. The number of nitrogens with one attached hydrogen (secondary N) is 1. The molecule has 1 heterocycles. The van der Waals surface area contributed by atoms with Crippen molar-refractivity contribution in [2.75, 3.05) is 5.32 Å². The van der Waals surface area contributed by atoms with Crippen LogP contribution in [0.3, 0.4) is 0 Å². The third-order valence-electron chi connectivity index (χ3n) is 3.13. The first kappa shape index (κ1) is 14.4. The van der Waals surface area contributed by atoms with Crippen molar-refractivity contribution in [3.05, 3.63) is 76.5 Å². The Hall–Kier alpha value is -2.53. The molecule has 1 aromatic heterocycles. The Morgan fingerprint density at radius 2 is 1.73 bits per heavy atom. The van der Waals surface area contributed by atoms with E-state index < -0.39 is 11.6 Å². The van der Waals surface area contributed by atoms with Crippen molar-refractivity contribution in [2.24, 2.45) is 0 Å². The summed E-state index contributed by atoms with van der Waals surface area (Å²) < 4.78 is 26.1. The quantitative estimate of drug-likeness (QED) is 0.728. The highest BCUT2D eigenvalue weighted by Crippen LogP contribution is 2.29. The number of amides is 1. The van der Waals surface area contributed by atoms with Gasteiger partial charge < -0.3 is 5.32 Å². The van der Waals surface area contributed by atoms with Crippen LogP contribution < -0.4 is 5.32 Å². The molecule has 3 rings (SSSR count). The van der Waals surface area contributed by atoms with E-state index in [0.29, 0.717) is 4.88 Å². The van der Waals surface area contributed by atoms with Crippen LogP contribution in [0.5, 0.6) is 0 Å². The van der Waals surface area contributed by atoms with E-state index in [0.717, 1.165) is 23.3 Å². The van der Waals surface area contributed by atoms with Crippen LogP contribution in [0.2, 0.25) is 0 Å². The van der Waals surface area contributed by atoms with Crippen LogP contribution in [0.4, 0.5) is 14.5 Å². The fourth-order valence-corrected chi connectivity index (χ4v) is 2.90. The number of rotatable bonds is 3. The van der Waals surface area contributed by atoms with Gasteiger partial charge in [-0.15, -0.1) is 11.3 Å². The minimum Gasteiger partial charge on any atom is -0.321 e. The minimum atomic E-state index is -0.993. The van der Waals surface area contributed by atoms with Crippen molar-refractivity contribution in [2.45, 2.75) is 0 Å². The van der Waals surface area contributed by atoms with Crippen LogP contribution in [-0.4, -0.2) is 5.91 Å². The minimum absolute atomic E-state index is 0.219. The first-order chi connectivity index (χ1) is 10.6. The van der Waals surface area contributed by atoms with E-state index in [4.69, 9.17) is 0 Å². The molecule has 0 unspecified atom stereocenters. The van der Waals surface area contributed by atoms with Crippen LogP contribution >= 0.6 is 11.3 Å². The summed E-state index contributed by atoms with van der Waals surface area (Å²) in [5.74, 6) is -2.29. The lowest BCUT2D eigenvalue weighted by molar-refractivity contribution is 0.103. The fraction of sp³-hybridized carbons (Fsp3) is 0. The molecule has 1 amide bonds. The van der Waals surface area contributed by atoms with Crippen LogP contribution in [0.15, 0.2) is 60.0 Å². The van der Waals surface area contributed by atoms with E-state index in [1.165, 1.54) is 17.4 Å². The number of thiophene rings is 1. The summed E-state index contributed by atoms with van der Waals surface area (Å²) in [6.45, 7) is 0. The van der Waals surface area contributed by atoms with Gasteiger partial charge in [-0.05, 0) is 29.1 Å². The maximum absolute atomic E-state index is 13.2. The van der Waals surface area contributed by atoms with Gasteiger partial charge in [0.2, 0.25) is 0 Å². The second-order valence-corrected chi connectivity index (χ2v) is 5.53. The highest BCUT2D eigenvalue weighted by Gasteiger charge is 2.15. The van der Waals surface area contributed by atoms with Gasteiger partial charge in [-0.1, -0.05) is 30.3 Å². The third kappa shape index (κ3) is 2.89. The number of benzene rings is 2. The molecule has 0 atom stereocenters. The van der Waals surface area contributed by atoms with Gasteiger partial charge in [-0.3, -0.25) is 4.79 Å². The van der Waals surface area contributed by atoms with Crippen LogP contribution in [0.25, 0.3) is 11.1 Å². The lowest BCUT2D eigenvalue weighted by Crippen LogP contribution is -2.11. The van der Waals surface area contributed by atoms with Gasteiger partial charge in [-0.2, -0.15) is 0 Å². The molecule has 0 saturated carbocycles. The van der Waals surface area contributed by atoms with Crippen molar-refractivity contribution in [1.82, 2.24) is 0 Å². The molecule has 0 aliphatic rings. The number of carbonyl (C=O) groups excluding carboxylic acids is 1. The molecule has 0 bridgehead atoms. The van der Waals surface area contributed by atoms with Gasteiger partial charge in [0.05, 0.1) is 4.88 Å². The van der Waals surface area contributed by atoms with Crippen LogP contribution in [-0.2, 0) is 0 Å². The molecule has 0 aliphatic carbocycles. The van der Waals surface area contributed by atoms with E-state index >= 15 is 0 Å². The first-order valence-corrected chi connectivity index (χ1v) is 7.42. The molecule has 2 nitrogen and oxygen atoms in total. The summed E-state index contributed by atoms with van der Waals surface area (Å²) in [5, 5.41) is 4.41. The highest BCUT2D eigenvalue weighted by molar-refractivity contribution is 7.12. The normalized spacial score (nSPS) is 10.5. The van der Waals surface area contributed by atoms with Crippen LogP contribution in [0.1, 0.15) is 9.67 Å². The number of carbonyl (C=O) groups is 1. The molecule has 0 spiro atoms. The second kappa shape index (κ2) is 6.07. The second-order valence-electron chi connectivity index (χ2n) is 4.61. The zero-order valence-corrected chi connectivity index (χ0v) is 12.2. The van der Waals surface area contributed by atoms with Gasteiger partial charge in [0.25, 0.3) is 5.91 Å². The number of anilines is 1. The predicted octanol–water partition coefficient (Wildman–Crippen LogP) is 4.95. The van der Waals surface area contributed by atoms with E-state index in [1.54, 1.807) is 0 Å². The summed E-state index contributed by atoms with van der Waals surface area (Å²) in [5.41, 5.74) is 1.96. The van der Waals surface area contributed by atoms with Gasteiger partial charge in [0, 0.05) is 17.3 Å². The van der Waals surface area contributed by atoms with Gasteiger partial charge in [-0.25, -0.2) is 8.78 Å². The molecule has 0 fully saturated rings. The van der Waals surface area contributed by atoms with Crippen molar-refractivity contribution in [3.63, 3.8) is 0 Å². The molecule has 0 radical (unpaired) electrons. The Bertz CT molecular complexity index is 815. The molecule has 5 heteroatoms. The van der Waals surface area contributed by atoms with E-state index in [2.05, 4.69) is 5.32 Å². The molecular formula is C17H11F2NOS. The van der Waals surface area contributed by atoms with Gasteiger partial charge >= 0.3 is 0 Å². The van der Waals surface area contributed by atoms with Crippen molar-refractivity contribution < 1.29 is 13.6 Å². The SMILES string of the molecule is O=C(Nc1ccc(F)c(F)c1)c1sccc1-c1ccccc1. The zero-order valence-electron chi connectivity index (χ0n) is 11.3. The standard InChI is InChI=1S/C17H11F2NOS/c18-14-7-6-12(10-15(14)19)20-17(21)16-13(8-9-22-16)11-4-2-1-3-5-11/h1-10H,(H,20,21). The Labute approximate surface area is 130 Å². The lowest BCUT2D eigenvalue weighted by Gasteiger charge is -2.07. The van der Waals surface area contributed by atoms with Crippen molar-refractivity contribution in [1.29, 1.82) is 0 Å². The summed E-state index contributed by atoms with van der Waals surface area (Å²) >= 11 is 1.30. The molecule has 0 aliphatic heterocycles. The monoisotopic (exact) mass is 315 g/mol. The van der Waals surface area contributed by atoms with Gasteiger partial charge in [0.15, 0.2) is 11.6 Å². The number of halogens is 2. The molecule has 2 aromatic carbocycles. The first-order valence-electron chi connectivity index (χ1n) is 6.54. The summed E-state index contributed by atoms with van der Waals surface area (Å²) in [7, 11) is 0. The molecule has 22 heavy (non-hydrogen) atoms. The summed E-state index contributed by atoms with van der Waals surface area (Å²) in [6.07, 6.45) is 0. The molecular weight excluding hydrogens is 304 g/mol. The topological polar surface area (TPSA) is 29.1 Å². The van der Waals surface area contributed by atoms with E-state index in [1.807, 2.05) is 41.8 Å². The average molecular weight is 315 g/mol. The largest absolute Gasteiger partial charge is 0.321 e. The molecule has 1 N–H and O–H groups in total. The maximum Gasteiger partial charge on any atom is 0.266 e. The number of hydrogen-bond donors (Lipinski definition) is 1. The lowest BCUT2D eigenvalue weighted by atomic mass is 10.1. The Balaban J connectivity index is 1.87. The average Bonchev–Trinajstić information content (AvgIpc) is 3.01. The maximum atomic E-state index is 13.2. The summed E-state index contributed by atoms with van der Waals surface area (Å²) in [6, 6.07) is 14.6. The third-order valence-corrected chi connectivity index (χ3v) is 4.05. The van der Waals surface area contributed by atoms with Crippen molar-refractivity contribution >= 4 is 22.9 Å². The molecule has 110 valence electrons. The van der Waals surface area contributed by atoms with Gasteiger partial charge in [0.1, 0.15) is 0 Å². The summed E-state index contributed by atoms with van der Waals surface area (Å²) in [4.78, 5) is 12.9. The predicted molar refractivity (Wildman–Crippen MR) is 84.1 cm³/mol. The van der Waals surface area contributed by atoms with E-state index in [-0.39, 0.29) is 11.6 Å². The Morgan fingerprint density at radius 3 is 2.45 bits per heavy atom. The van der Waals surface area contributed by atoms with E-state index in [9.17, 15) is 13.6 Å². The molecule has 0 saturated heterocycles. The highest BCUT2D eigenvalue weighted by atomic mass is 32.1. The van der Waals surface area contributed by atoms with Crippen molar-refractivity contribution in [3.8, 4) is 11.1 Å². The zero-order chi connectivity index (χ0) is 15.5. The Kier molecular flexibility index (Phi) is 3.98. The molecule has 3 aromatic rings.